The predicted octanol–water partition coefficient (Wildman–Crippen LogP) is 3.37. The van der Waals surface area contributed by atoms with Gasteiger partial charge < -0.3 is 19.5 Å². The van der Waals surface area contributed by atoms with Crippen LogP contribution in [-0.2, 0) is 6.61 Å². The fourth-order valence-corrected chi connectivity index (χ4v) is 2.93. The second kappa shape index (κ2) is 8.54. The van der Waals surface area contributed by atoms with E-state index >= 15 is 0 Å². The smallest absolute Gasteiger partial charge is 0.274 e. The molecule has 0 saturated heterocycles. The maximum Gasteiger partial charge on any atom is 0.274 e. The quantitative estimate of drug-likeness (QED) is 0.428. The molecule has 152 valence electrons. The van der Waals surface area contributed by atoms with Crippen LogP contribution in [0.1, 0.15) is 26.3 Å². The number of hydrogen-bond acceptors (Lipinski definition) is 6. The molecule has 3 N–H and O–H groups in total. The molecule has 0 spiro atoms. The van der Waals surface area contributed by atoms with Crippen molar-refractivity contribution in [1.82, 2.24) is 5.48 Å². The highest BCUT2D eigenvalue weighted by Gasteiger charge is 2.16. The van der Waals surface area contributed by atoms with Crippen molar-refractivity contribution in [2.75, 3.05) is 12.1 Å². The van der Waals surface area contributed by atoms with Crippen molar-refractivity contribution in [3.05, 3.63) is 83.4 Å². The number of benzene rings is 3. The molecule has 1 aliphatic heterocycles. The Hall–Kier alpha value is -4.04. The zero-order chi connectivity index (χ0) is 20.9. The van der Waals surface area contributed by atoms with E-state index in [1.807, 2.05) is 0 Å². The topological polar surface area (TPSA) is 106 Å². The minimum atomic E-state index is -0.590. The molecule has 8 heteroatoms. The highest BCUT2D eigenvalue weighted by atomic mass is 16.7. The Kier molecular flexibility index (Phi) is 5.49. The summed E-state index contributed by atoms with van der Waals surface area (Å²) in [5, 5.41) is 11.5. The molecule has 0 aromatic heterocycles. The van der Waals surface area contributed by atoms with Crippen LogP contribution in [0.25, 0.3) is 0 Å². The van der Waals surface area contributed by atoms with Gasteiger partial charge in [0.1, 0.15) is 12.4 Å². The number of fused-ring (bicyclic) bond motifs is 1. The summed E-state index contributed by atoms with van der Waals surface area (Å²) in [6, 6.07) is 18.7. The monoisotopic (exact) mass is 406 g/mol. The summed E-state index contributed by atoms with van der Waals surface area (Å²) in [5.41, 5.74) is 3.67. The summed E-state index contributed by atoms with van der Waals surface area (Å²) in [6.45, 7) is 0.365. The third-order valence-corrected chi connectivity index (χ3v) is 4.47. The summed E-state index contributed by atoms with van der Waals surface area (Å²) in [6.07, 6.45) is 0. The Labute approximate surface area is 172 Å². The van der Waals surface area contributed by atoms with E-state index in [4.69, 9.17) is 19.4 Å². The van der Waals surface area contributed by atoms with E-state index in [9.17, 15) is 9.59 Å². The van der Waals surface area contributed by atoms with Crippen molar-refractivity contribution in [3.63, 3.8) is 0 Å². The first kappa shape index (κ1) is 19.3. The molecular weight excluding hydrogens is 388 g/mol. The first-order valence-corrected chi connectivity index (χ1v) is 9.10. The van der Waals surface area contributed by atoms with E-state index < -0.39 is 5.91 Å². The van der Waals surface area contributed by atoms with E-state index in [1.54, 1.807) is 72.2 Å². The van der Waals surface area contributed by atoms with Crippen LogP contribution in [0, 0.1) is 0 Å². The molecule has 2 amide bonds. The van der Waals surface area contributed by atoms with Crippen molar-refractivity contribution in [2.24, 2.45) is 0 Å². The van der Waals surface area contributed by atoms with E-state index in [-0.39, 0.29) is 19.3 Å². The number of para-hydroxylation sites is 1. The van der Waals surface area contributed by atoms with Crippen LogP contribution >= 0.6 is 0 Å². The molecule has 0 aliphatic carbocycles. The third kappa shape index (κ3) is 4.18. The number of rotatable bonds is 6. The maximum absolute atomic E-state index is 12.8. The Morgan fingerprint density at radius 1 is 0.933 bits per heavy atom. The van der Waals surface area contributed by atoms with Crippen LogP contribution < -0.4 is 25.0 Å². The summed E-state index contributed by atoms with van der Waals surface area (Å²) in [7, 11) is 0. The lowest BCUT2D eigenvalue weighted by molar-refractivity contribution is 0.0706. The van der Waals surface area contributed by atoms with Gasteiger partial charge in [-0.3, -0.25) is 14.8 Å². The van der Waals surface area contributed by atoms with Crippen molar-refractivity contribution in [3.8, 4) is 17.2 Å². The highest BCUT2D eigenvalue weighted by Crippen LogP contribution is 2.34. The number of anilines is 1. The van der Waals surface area contributed by atoms with Gasteiger partial charge in [-0.1, -0.05) is 24.3 Å². The van der Waals surface area contributed by atoms with Gasteiger partial charge in [0.25, 0.3) is 11.8 Å². The van der Waals surface area contributed by atoms with Gasteiger partial charge in [0.15, 0.2) is 11.5 Å². The summed E-state index contributed by atoms with van der Waals surface area (Å²) >= 11 is 0. The van der Waals surface area contributed by atoms with Gasteiger partial charge in [-0.05, 0) is 42.0 Å². The molecule has 4 rings (SSSR count). The Balaban J connectivity index is 1.44. The predicted molar refractivity (Wildman–Crippen MR) is 107 cm³/mol. The zero-order valence-corrected chi connectivity index (χ0v) is 15.8. The van der Waals surface area contributed by atoms with Crippen LogP contribution in [0.4, 0.5) is 5.69 Å². The van der Waals surface area contributed by atoms with Crippen molar-refractivity contribution in [2.45, 2.75) is 6.61 Å². The number of nitrogens with one attached hydrogen (secondary N) is 2. The Morgan fingerprint density at radius 3 is 2.50 bits per heavy atom. The number of hydroxylamine groups is 1. The van der Waals surface area contributed by atoms with E-state index in [2.05, 4.69) is 5.32 Å². The van der Waals surface area contributed by atoms with Gasteiger partial charge in [0.2, 0.25) is 6.79 Å². The molecule has 0 saturated carbocycles. The van der Waals surface area contributed by atoms with Crippen molar-refractivity contribution in [1.29, 1.82) is 0 Å². The van der Waals surface area contributed by atoms with Crippen LogP contribution in [0.3, 0.4) is 0 Å². The fraction of sp³-hybridized carbons (Fsp3) is 0.0909. The Morgan fingerprint density at radius 2 is 1.70 bits per heavy atom. The molecular formula is C22H18N2O6. The molecule has 3 aromatic carbocycles. The molecule has 3 aromatic rings. The molecule has 0 atom stereocenters. The lowest BCUT2D eigenvalue weighted by atomic mass is 10.1. The number of carbonyl (C=O) groups is 2. The lowest BCUT2D eigenvalue weighted by Crippen LogP contribution is -2.18. The number of hydrogen-bond donors (Lipinski definition) is 3. The van der Waals surface area contributed by atoms with Gasteiger partial charge in [0, 0.05) is 17.3 Å². The van der Waals surface area contributed by atoms with Crippen LogP contribution in [0.5, 0.6) is 17.2 Å². The minimum absolute atomic E-state index is 0.162. The van der Waals surface area contributed by atoms with E-state index in [0.29, 0.717) is 34.1 Å². The molecule has 0 unspecified atom stereocenters. The van der Waals surface area contributed by atoms with E-state index in [0.717, 1.165) is 5.56 Å². The van der Waals surface area contributed by atoms with Crippen molar-refractivity contribution >= 4 is 17.5 Å². The Bertz CT molecular complexity index is 1080. The SMILES string of the molecule is O=C(NO)c1ccc(COc2ccccc2C(=O)Nc2ccc3c(c2)OCO3)cc1. The largest absolute Gasteiger partial charge is 0.488 e. The van der Waals surface area contributed by atoms with Crippen molar-refractivity contribution < 1.29 is 29.0 Å². The standard InChI is InChI=1S/C22H18N2O6/c25-21(24-27)15-7-5-14(6-8-15)12-28-18-4-2-1-3-17(18)22(26)23-16-9-10-19-20(11-16)30-13-29-19/h1-11,27H,12-13H2,(H,23,26)(H,24,25). The van der Waals surface area contributed by atoms with Gasteiger partial charge in [-0.25, -0.2) is 5.48 Å². The molecule has 0 fully saturated rings. The van der Waals surface area contributed by atoms with Crippen LogP contribution in [0.15, 0.2) is 66.7 Å². The second-order valence-corrected chi connectivity index (χ2v) is 6.44. The minimum Gasteiger partial charge on any atom is -0.488 e. The summed E-state index contributed by atoms with van der Waals surface area (Å²) in [5.74, 6) is 0.732. The molecule has 0 bridgehead atoms. The average molecular weight is 406 g/mol. The molecule has 1 heterocycles. The van der Waals surface area contributed by atoms with Gasteiger partial charge in [0.05, 0.1) is 5.56 Å². The first-order valence-electron chi connectivity index (χ1n) is 9.10. The summed E-state index contributed by atoms with van der Waals surface area (Å²) < 4.78 is 16.4. The number of carbonyl (C=O) groups excluding carboxylic acids is 2. The second-order valence-electron chi connectivity index (χ2n) is 6.44. The van der Waals surface area contributed by atoms with Crippen LogP contribution in [0.2, 0.25) is 0 Å². The maximum atomic E-state index is 12.8. The summed E-state index contributed by atoms with van der Waals surface area (Å²) in [4.78, 5) is 24.2. The molecule has 30 heavy (non-hydrogen) atoms. The van der Waals surface area contributed by atoms with Gasteiger partial charge >= 0.3 is 0 Å². The van der Waals surface area contributed by atoms with Gasteiger partial charge in [-0.15, -0.1) is 0 Å². The van der Waals surface area contributed by atoms with E-state index in [1.165, 1.54) is 0 Å². The van der Waals surface area contributed by atoms with Crippen LogP contribution in [-0.4, -0.2) is 23.8 Å². The first-order chi connectivity index (χ1) is 14.6. The molecule has 8 nitrogen and oxygen atoms in total. The average Bonchev–Trinajstić information content (AvgIpc) is 3.25. The third-order valence-electron chi connectivity index (χ3n) is 4.47. The van der Waals surface area contributed by atoms with Gasteiger partial charge in [-0.2, -0.15) is 0 Å². The number of ether oxygens (including phenoxy) is 3. The lowest BCUT2D eigenvalue weighted by Gasteiger charge is -2.12. The molecule has 0 radical (unpaired) electrons. The zero-order valence-electron chi connectivity index (χ0n) is 15.8. The number of amides is 2. The fourth-order valence-electron chi connectivity index (χ4n) is 2.93. The highest BCUT2D eigenvalue weighted by molar-refractivity contribution is 6.06. The molecule has 1 aliphatic rings. The normalized spacial score (nSPS) is 11.6.